The zero-order chi connectivity index (χ0) is 12.8. The van der Waals surface area contributed by atoms with Gasteiger partial charge in [0.05, 0.1) is 11.2 Å². The second-order valence-corrected chi connectivity index (χ2v) is 5.90. The van der Waals surface area contributed by atoms with Crippen molar-refractivity contribution in [2.45, 2.75) is 31.7 Å². The quantitative estimate of drug-likeness (QED) is 0.851. The molecule has 0 unspecified atom stereocenters. The molecule has 2 N–H and O–H groups in total. The molecule has 1 aromatic carbocycles. The monoisotopic (exact) mass is 253 g/mol. The standard InChI is InChI=1S/C16H19N3/c17-14-7-8-15(13-2-1-9-18-16(13)14)19(12-5-6-12)10-11-3-4-11/h1-2,7-9,11-12H,3-6,10,17H2. The lowest BCUT2D eigenvalue weighted by molar-refractivity contribution is 0.721. The highest BCUT2D eigenvalue weighted by Crippen LogP contribution is 2.40. The highest BCUT2D eigenvalue weighted by Gasteiger charge is 2.34. The zero-order valence-electron chi connectivity index (χ0n) is 11.0. The summed E-state index contributed by atoms with van der Waals surface area (Å²) in [5.74, 6) is 0.907. The highest BCUT2D eigenvalue weighted by atomic mass is 15.2. The molecule has 4 rings (SSSR count). The van der Waals surface area contributed by atoms with Crippen molar-refractivity contribution in [1.29, 1.82) is 0 Å². The van der Waals surface area contributed by atoms with Gasteiger partial charge in [0.15, 0.2) is 0 Å². The summed E-state index contributed by atoms with van der Waals surface area (Å²) >= 11 is 0. The Morgan fingerprint density at radius 2 is 2.00 bits per heavy atom. The van der Waals surface area contributed by atoms with E-state index in [0.717, 1.165) is 23.2 Å². The normalized spacial score (nSPS) is 18.7. The van der Waals surface area contributed by atoms with Crippen molar-refractivity contribution < 1.29 is 0 Å². The van der Waals surface area contributed by atoms with Gasteiger partial charge in [0.25, 0.3) is 0 Å². The van der Waals surface area contributed by atoms with Crippen molar-refractivity contribution in [3.05, 3.63) is 30.5 Å². The average molecular weight is 253 g/mol. The van der Waals surface area contributed by atoms with Crippen LogP contribution in [0.15, 0.2) is 30.5 Å². The molecule has 0 aliphatic heterocycles. The molecule has 1 aromatic heterocycles. The maximum atomic E-state index is 6.05. The first kappa shape index (κ1) is 11.1. The summed E-state index contributed by atoms with van der Waals surface area (Å²) in [6.45, 7) is 1.21. The summed E-state index contributed by atoms with van der Waals surface area (Å²) in [5.41, 5.74) is 9.10. The molecule has 0 radical (unpaired) electrons. The number of hydrogen-bond donors (Lipinski definition) is 1. The van der Waals surface area contributed by atoms with Crippen molar-refractivity contribution in [3.63, 3.8) is 0 Å². The summed E-state index contributed by atoms with van der Waals surface area (Å²) in [4.78, 5) is 7.04. The fourth-order valence-corrected chi connectivity index (χ4v) is 2.84. The Bertz CT molecular complexity index is 614. The number of anilines is 2. The number of nitrogen functional groups attached to an aromatic ring is 1. The molecule has 0 bridgehead atoms. The molecule has 19 heavy (non-hydrogen) atoms. The second-order valence-electron chi connectivity index (χ2n) is 5.90. The smallest absolute Gasteiger partial charge is 0.0951 e. The number of nitrogens with zero attached hydrogens (tertiary/aromatic N) is 2. The topological polar surface area (TPSA) is 42.1 Å². The maximum absolute atomic E-state index is 6.05. The van der Waals surface area contributed by atoms with Crippen molar-refractivity contribution in [3.8, 4) is 0 Å². The SMILES string of the molecule is Nc1ccc(N(CC2CC2)C2CC2)c2cccnc12. The average Bonchev–Trinajstić information content (AvgIpc) is 3.30. The van der Waals surface area contributed by atoms with E-state index in [4.69, 9.17) is 5.73 Å². The number of aromatic nitrogens is 1. The van der Waals surface area contributed by atoms with Gasteiger partial charge in [0.2, 0.25) is 0 Å². The van der Waals surface area contributed by atoms with Crippen LogP contribution in [-0.4, -0.2) is 17.6 Å². The van der Waals surface area contributed by atoms with Crippen LogP contribution in [0.3, 0.4) is 0 Å². The van der Waals surface area contributed by atoms with Crippen LogP contribution in [0.5, 0.6) is 0 Å². The predicted molar refractivity (Wildman–Crippen MR) is 79.2 cm³/mol. The van der Waals surface area contributed by atoms with E-state index in [-0.39, 0.29) is 0 Å². The van der Waals surface area contributed by atoms with E-state index in [2.05, 4.69) is 22.0 Å². The van der Waals surface area contributed by atoms with Crippen LogP contribution in [0.4, 0.5) is 11.4 Å². The van der Waals surface area contributed by atoms with Gasteiger partial charge in [-0.1, -0.05) is 0 Å². The largest absolute Gasteiger partial charge is 0.397 e. The van der Waals surface area contributed by atoms with Gasteiger partial charge in [-0.15, -0.1) is 0 Å². The number of fused-ring (bicyclic) bond motifs is 1. The van der Waals surface area contributed by atoms with Crippen LogP contribution in [0.1, 0.15) is 25.7 Å². The Morgan fingerprint density at radius 1 is 1.16 bits per heavy atom. The van der Waals surface area contributed by atoms with Crippen LogP contribution in [-0.2, 0) is 0 Å². The summed E-state index contributed by atoms with van der Waals surface area (Å²) in [7, 11) is 0. The molecule has 3 nitrogen and oxygen atoms in total. The fraction of sp³-hybridized carbons (Fsp3) is 0.438. The van der Waals surface area contributed by atoms with Crippen LogP contribution in [0.2, 0.25) is 0 Å². The Hall–Kier alpha value is -1.77. The molecule has 3 heteroatoms. The summed E-state index contributed by atoms with van der Waals surface area (Å²) in [6, 6.07) is 9.09. The Balaban J connectivity index is 1.81. The number of rotatable bonds is 4. The minimum absolute atomic E-state index is 0.743. The van der Waals surface area contributed by atoms with E-state index in [1.165, 1.54) is 43.3 Å². The minimum Gasteiger partial charge on any atom is -0.397 e. The fourth-order valence-electron chi connectivity index (χ4n) is 2.84. The first-order chi connectivity index (χ1) is 9.33. The Labute approximate surface area is 113 Å². The summed E-state index contributed by atoms with van der Waals surface area (Å²) in [5, 5.41) is 1.20. The van der Waals surface area contributed by atoms with E-state index in [1.54, 1.807) is 0 Å². The van der Waals surface area contributed by atoms with Gasteiger partial charge in [-0.3, -0.25) is 4.98 Å². The predicted octanol–water partition coefficient (Wildman–Crippen LogP) is 3.20. The molecule has 1 heterocycles. The second kappa shape index (κ2) is 4.12. The van der Waals surface area contributed by atoms with E-state index >= 15 is 0 Å². The van der Waals surface area contributed by atoms with E-state index < -0.39 is 0 Å². The Morgan fingerprint density at radius 3 is 2.74 bits per heavy atom. The molecule has 2 aliphatic rings. The summed E-state index contributed by atoms with van der Waals surface area (Å²) < 4.78 is 0. The van der Waals surface area contributed by atoms with Crippen molar-refractivity contribution in [2.24, 2.45) is 5.92 Å². The number of nitrogens with two attached hydrogens (primary N) is 1. The third-order valence-electron chi connectivity index (χ3n) is 4.23. The van der Waals surface area contributed by atoms with Crippen molar-refractivity contribution in [1.82, 2.24) is 4.98 Å². The van der Waals surface area contributed by atoms with Crippen LogP contribution >= 0.6 is 0 Å². The van der Waals surface area contributed by atoms with Crippen LogP contribution < -0.4 is 10.6 Å². The molecular formula is C16H19N3. The molecular weight excluding hydrogens is 234 g/mol. The van der Waals surface area contributed by atoms with Crippen LogP contribution in [0.25, 0.3) is 10.9 Å². The molecule has 0 amide bonds. The zero-order valence-corrected chi connectivity index (χ0v) is 11.0. The van der Waals surface area contributed by atoms with Crippen molar-refractivity contribution >= 4 is 22.3 Å². The van der Waals surface area contributed by atoms with Crippen LogP contribution in [0, 0.1) is 5.92 Å². The van der Waals surface area contributed by atoms with E-state index in [1.807, 2.05) is 18.3 Å². The minimum atomic E-state index is 0.743. The molecule has 0 atom stereocenters. The first-order valence-electron chi connectivity index (χ1n) is 7.23. The van der Waals surface area contributed by atoms with Gasteiger partial charge < -0.3 is 10.6 Å². The van der Waals surface area contributed by atoms with Crippen molar-refractivity contribution in [2.75, 3.05) is 17.2 Å². The molecule has 2 aromatic rings. The highest BCUT2D eigenvalue weighted by molar-refractivity contribution is 5.98. The third kappa shape index (κ3) is 2.03. The van der Waals surface area contributed by atoms with Gasteiger partial charge in [-0.05, 0) is 55.9 Å². The lowest BCUT2D eigenvalue weighted by Gasteiger charge is -2.26. The molecule has 2 fully saturated rings. The number of pyridine rings is 1. The molecule has 0 saturated heterocycles. The first-order valence-corrected chi connectivity index (χ1v) is 7.23. The number of hydrogen-bond acceptors (Lipinski definition) is 3. The summed E-state index contributed by atoms with van der Waals surface area (Å²) in [6.07, 6.45) is 7.28. The molecule has 2 saturated carbocycles. The van der Waals surface area contributed by atoms with Gasteiger partial charge in [0, 0.05) is 29.9 Å². The van der Waals surface area contributed by atoms with E-state index in [0.29, 0.717) is 0 Å². The Kier molecular flexibility index (Phi) is 2.40. The van der Waals surface area contributed by atoms with Gasteiger partial charge in [-0.2, -0.15) is 0 Å². The third-order valence-corrected chi connectivity index (χ3v) is 4.23. The lowest BCUT2D eigenvalue weighted by Crippen LogP contribution is -2.28. The van der Waals surface area contributed by atoms with Gasteiger partial charge in [-0.25, -0.2) is 0 Å². The lowest BCUT2D eigenvalue weighted by atomic mass is 10.1. The molecule has 2 aliphatic carbocycles. The van der Waals surface area contributed by atoms with Gasteiger partial charge in [0.1, 0.15) is 0 Å². The molecule has 98 valence electrons. The van der Waals surface area contributed by atoms with E-state index in [9.17, 15) is 0 Å². The van der Waals surface area contributed by atoms with Gasteiger partial charge >= 0.3 is 0 Å². The molecule has 0 spiro atoms. The maximum Gasteiger partial charge on any atom is 0.0951 e. The number of benzene rings is 1.